The van der Waals surface area contributed by atoms with Crippen LogP contribution in [0.2, 0.25) is 0 Å². The van der Waals surface area contributed by atoms with Gasteiger partial charge in [0.1, 0.15) is 5.58 Å². The molecule has 0 saturated carbocycles. The predicted octanol–water partition coefficient (Wildman–Crippen LogP) is 2.72. The number of para-hydroxylation sites is 1. The standard InChI is InChI=1S/C20H20N2O4S/c23-20(19-14-17-8-4-5-9-18(17)26-19)21-10-12-22(13-11-21)27(24,25)15-16-6-2-1-3-7-16/h1-9,14H,10-13,15H2. The molecular formula is C20H20N2O4S. The van der Waals surface area contributed by atoms with Crippen LogP contribution < -0.4 is 0 Å². The normalized spacial score (nSPS) is 15.9. The first-order valence-corrected chi connectivity index (χ1v) is 10.4. The second kappa shape index (κ2) is 7.17. The molecule has 2 heterocycles. The number of furan rings is 1. The summed E-state index contributed by atoms with van der Waals surface area (Å²) in [5.74, 6) is 0.0637. The van der Waals surface area contributed by atoms with Crippen LogP contribution >= 0.6 is 0 Å². The van der Waals surface area contributed by atoms with Crippen LogP contribution in [0.25, 0.3) is 11.0 Å². The first-order chi connectivity index (χ1) is 13.0. The van der Waals surface area contributed by atoms with E-state index in [0.717, 1.165) is 10.9 Å². The Balaban J connectivity index is 1.41. The van der Waals surface area contributed by atoms with Crippen LogP contribution in [0.1, 0.15) is 16.1 Å². The van der Waals surface area contributed by atoms with Crippen LogP contribution in [0, 0.1) is 0 Å². The van der Waals surface area contributed by atoms with Gasteiger partial charge in [0.05, 0.1) is 5.75 Å². The third-order valence-corrected chi connectivity index (χ3v) is 6.60. The number of carbonyl (C=O) groups excluding carboxylic acids is 1. The number of sulfonamides is 1. The second-order valence-corrected chi connectivity index (χ2v) is 8.55. The smallest absolute Gasteiger partial charge is 0.289 e. The fourth-order valence-corrected chi connectivity index (χ4v) is 4.80. The molecule has 6 nitrogen and oxygen atoms in total. The van der Waals surface area contributed by atoms with E-state index in [1.165, 1.54) is 4.31 Å². The molecule has 1 fully saturated rings. The van der Waals surface area contributed by atoms with Crippen LogP contribution in [-0.4, -0.2) is 49.7 Å². The van der Waals surface area contributed by atoms with Crippen LogP contribution in [-0.2, 0) is 15.8 Å². The predicted molar refractivity (Wildman–Crippen MR) is 103 cm³/mol. The van der Waals surface area contributed by atoms with Crippen LogP contribution in [0.4, 0.5) is 0 Å². The Morgan fingerprint density at radius 3 is 2.30 bits per heavy atom. The van der Waals surface area contributed by atoms with Crippen LogP contribution in [0.15, 0.2) is 65.1 Å². The highest BCUT2D eigenvalue weighted by molar-refractivity contribution is 7.88. The van der Waals surface area contributed by atoms with Crippen molar-refractivity contribution < 1.29 is 17.6 Å². The van der Waals surface area contributed by atoms with E-state index in [2.05, 4.69) is 0 Å². The van der Waals surface area contributed by atoms with E-state index in [4.69, 9.17) is 4.42 Å². The zero-order valence-corrected chi connectivity index (χ0v) is 15.6. The molecule has 0 bridgehead atoms. The minimum Gasteiger partial charge on any atom is -0.451 e. The average Bonchev–Trinajstić information content (AvgIpc) is 3.12. The van der Waals surface area contributed by atoms with E-state index >= 15 is 0 Å². The Bertz CT molecular complexity index is 1020. The molecular weight excluding hydrogens is 364 g/mol. The molecule has 0 unspecified atom stereocenters. The number of piperazine rings is 1. The minimum absolute atomic E-state index is 0.0225. The molecule has 27 heavy (non-hydrogen) atoms. The quantitative estimate of drug-likeness (QED) is 0.693. The van der Waals surface area contributed by atoms with Gasteiger partial charge in [0.2, 0.25) is 10.0 Å². The third kappa shape index (κ3) is 3.74. The van der Waals surface area contributed by atoms with Gasteiger partial charge in [-0.15, -0.1) is 0 Å². The molecule has 2 aromatic carbocycles. The van der Waals surface area contributed by atoms with Crippen LogP contribution in [0.5, 0.6) is 0 Å². The molecule has 140 valence electrons. The summed E-state index contributed by atoms with van der Waals surface area (Å²) >= 11 is 0. The Kier molecular flexibility index (Phi) is 4.72. The Morgan fingerprint density at radius 1 is 0.926 bits per heavy atom. The lowest BCUT2D eigenvalue weighted by atomic mass is 10.2. The van der Waals surface area contributed by atoms with E-state index < -0.39 is 10.0 Å². The van der Waals surface area contributed by atoms with Crippen molar-refractivity contribution >= 4 is 26.9 Å². The van der Waals surface area contributed by atoms with Gasteiger partial charge in [-0.2, -0.15) is 4.31 Å². The van der Waals surface area contributed by atoms with E-state index in [1.807, 2.05) is 42.5 Å². The van der Waals surface area contributed by atoms with Crippen molar-refractivity contribution in [3.05, 3.63) is 72.0 Å². The van der Waals surface area contributed by atoms with Crippen molar-refractivity contribution in [2.75, 3.05) is 26.2 Å². The molecule has 1 saturated heterocycles. The Morgan fingerprint density at radius 2 is 1.59 bits per heavy atom. The van der Waals surface area contributed by atoms with Crippen molar-refractivity contribution in [3.8, 4) is 0 Å². The highest BCUT2D eigenvalue weighted by Crippen LogP contribution is 2.21. The third-order valence-electron chi connectivity index (χ3n) is 4.75. The summed E-state index contributed by atoms with van der Waals surface area (Å²) in [5, 5.41) is 0.880. The maximum absolute atomic E-state index is 12.7. The van der Waals surface area contributed by atoms with E-state index in [1.54, 1.807) is 23.1 Å². The van der Waals surface area contributed by atoms with Gasteiger partial charge in [0.25, 0.3) is 5.91 Å². The number of fused-ring (bicyclic) bond motifs is 1. The monoisotopic (exact) mass is 384 g/mol. The van der Waals surface area contributed by atoms with Gasteiger partial charge >= 0.3 is 0 Å². The maximum Gasteiger partial charge on any atom is 0.289 e. The molecule has 4 rings (SSSR count). The lowest BCUT2D eigenvalue weighted by molar-refractivity contribution is 0.0668. The summed E-state index contributed by atoms with van der Waals surface area (Å²) in [6, 6.07) is 18.3. The number of benzene rings is 2. The highest BCUT2D eigenvalue weighted by atomic mass is 32.2. The molecule has 0 radical (unpaired) electrons. The lowest BCUT2D eigenvalue weighted by Crippen LogP contribution is -2.50. The van der Waals surface area contributed by atoms with E-state index in [0.29, 0.717) is 31.8 Å². The highest BCUT2D eigenvalue weighted by Gasteiger charge is 2.30. The van der Waals surface area contributed by atoms with E-state index in [-0.39, 0.29) is 17.4 Å². The molecule has 0 spiro atoms. The Labute approximate surface area is 158 Å². The zero-order chi connectivity index (χ0) is 18.9. The molecule has 1 aliphatic heterocycles. The SMILES string of the molecule is O=C(c1cc2ccccc2o1)N1CCN(S(=O)(=O)Cc2ccccc2)CC1. The molecule has 0 N–H and O–H groups in total. The molecule has 7 heteroatoms. The van der Waals surface area contributed by atoms with Crippen LogP contribution in [0.3, 0.4) is 0 Å². The fourth-order valence-electron chi connectivity index (χ4n) is 3.29. The molecule has 0 aliphatic carbocycles. The molecule has 3 aromatic rings. The number of hydrogen-bond acceptors (Lipinski definition) is 4. The number of hydrogen-bond donors (Lipinski definition) is 0. The van der Waals surface area contributed by atoms with Crippen molar-refractivity contribution in [2.45, 2.75) is 5.75 Å². The van der Waals surface area contributed by atoms with Crippen molar-refractivity contribution in [3.63, 3.8) is 0 Å². The zero-order valence-electron chi connectivity index (χ0n) is 14.7. The number of rotatable bonds is 4. The Hall–Kier alpha value is -2.64. The second-order valence-electron chi connectivity index (χ2n) is 6.58. The number of carbonyl (C=O) groups is 1. The van der Waals surface area contributed by atoms with E-state index in [9.17, 15) is 13.2 Å². The van der Waals surface area contributed by atoms with Gasteiger partial charge in [0.15, 0.2) is 5.76 Å². The summed E-state index contributed by atoms with van der Waals surface area (Å²) in [6.45, 7) is 1.29. The number of amides is 1. The average molecular weight is 384 g/mol. The van der Waals surface area contributed by atoms with Gasteiger partial charge in [0, 0.05) is 31.6 Å². The first kappa shape index (κ1) is 17.8. The molecule has 1 aliphatic rings. The summed E-state index contributed by atoms with van der Waals surface area (Å²) in [7, 11) is -3.40. The van der Waals surface area contributed by atoms with Crippen molar-refractivity contribution in [1.82, 2.24) is 9.21 Å². The van der Waals surface area contributed by atoms with Crippen molar-refractivity contribution in [2.24, 2.45) is 0 Å². The minimum atomic E-state index is -3.40. The van der Waals surface area contributed by atoms with Gasteiger partial charge < -0.3 is 9.32 Å². The largest absolute Gasteiger partial charge is 0.451 e. The fraction of sp³-hybridized carbons (Fsp3) is 0.250. The maximum atomic E-state index is 12.7. The number of nitrogens with zero attached hydrogens (tertiary/aromatic N) is 2. The van der Waals surface area contributed by atoms with Gasteiger partial charge in [-0.05, 0) is 17.7 Å². The topological polar surface area (TPSA) is 70.8 Å². The summed E-state index contributed by atoms with van der Waals surface area (Å²) in [4.78, 5) is 14.3. The molecule has 1 amide bonds. The van der Waals surface area contributed by atoms with Gasteiger partial charge in [-0.3, -0.25) is 4.79 Å². The van der Waals surface area contributed by atoms with Gasteiger partial charge in [-0.1, -0.05) is 48.5 Å². The lowest BCUT2D eigenvalue weighted by Gasteiger charge is -2.33. The van der Waals surface area contributed by atoms with Gasteiger partial charge in [-0.25, -0.2) is 8.42 Å². The summed E-state index contributed by atoms with van der Waals surface area (Å²) < 4.78 is 32.3. The summed E-state index contributed by atoms with van der Waals surface area (Å²) in [5.41, 5.74) is 1.43. The summed E-state index contributed by atoms with van der Waals surface area (Å²) in [6.07, 6.45) is 0. The van der Waals surface area contributed by atoms with Crippen molar-refractivity contribution in [1.29, 1.82) is 0 Å². The molecule has 0 atom stereocenters. The molecule has 1 aromatic heterocycles. The first-order valence-electron chi connectivity index (χ1n) is 8.82.